The fourth-order valence-electron chi connectivity index (χ4n) is 3.49. The normalized spacial score (nSPS) is 15.5. The van der Waals surface area contributed by atoms with E-state index in [-0.39, 0.29) is 17.6 Å². The van der Waals surface area contributed by atoms with Crippen LogP contribution in [0.5, 0.6) is 0 Å². The summed E-state index contributed by atoms with van der Waals surface area (Å²) in [5.74, 6) is -0.249. The van der Waals surface area contributed by atoms with Crippen LogP contribution in [0.2, 0.25) is 0 Å². The van der Waals surface area contributed by atoms with E-state index in [0.717, 1.165) is 23.0 Å². The number of benzene rings is 1. The van der Waals surface area contributed by atoms with E-state index in [1.807, 2.05) is 25.1 Å². The van der Waals surface area contributed by atoms with Crippen molar-refractivity contribution in [2.75, 3.05) is 18.0 Å². The lowest BCUT2D eigenvalue weighted by Crippen LogP contribution is -2.39. The fourth-order valence-corrected chi connectivity index (χ4v) is 3.49. The van der Waals surface area contributed by atoms with Gasteiger partial charge in [0.15, 0.2) is 5.78 Å². The van der Waals surface area contributed by atoms with Crippen molar-refractivity contribution in [1.29, 1.82) is 0 Å². The molecule has 2 N–H and O–H groups in total. The number of ketones is 1. The van der Waals surface area contributed by atoms with E-state index in [9.17, 15) is 9.59 Å². The predicted molar refractivity (Wildman–Crippen MR) is 101 cm³/mol. The highest BCUT2D eigenvalue weighted by atomic mass is 16.1. The first-order valence-corrected chi connectivity index (χ1v) is 8.77. The minimum absolute atomic E-state index is 0.0892. The van der Waals surface area contributed by atoms with Crippen molar-refractivity contribution in [2.45, 2.75) is 32.6 Å². The summed E-state index contributed by atoms with van der Waals surface area (Å²) in [6.45, 7) is 3.37. The summed E-state index contributed by atoms with van der Waals surface area (Å²) in [4.78, 5) is 30.7. The molecule has 1 saturated heterocycles. The third-order valence-electron chi connectivity index (χ3n) is 4.85. The van der Waals surface area contributed by atoms with Crippen LogP contribution in [0.3, 0.4) is 0 Å². The molecule has 25 heavy (non-hydrogen) atoms. The molecule has 6 heteroatoms. The van der Waals surface area contributed by atoms with Gasteiger partial charge in [0.1, 0.15) is 7.85 Å². The average molecular weight is 335 g/mol. The van der Waals surface area contributed by atoms with E-state index in [1.54, 1.807) is 6.20 Å². The van der Waals surface area contributed by atoms with Gasteiger partial charge in [0.05, 0.1) is 16.8 Å². The number of carbonyl (C=O) groups excluding carboxylic acids is 2. The maximum atomic E-state index is 12.6. The molecule has 1 aliphatic rings. The number of primary amides is 1. The molecule has 0 aliphatic carbocycles. The summed E-state index contributed by atoms with van der Waals surface area (Å²) in [7, 11) is 5.98. The number of rotatable bonds is 5. The molecule has 2 radical (unpaired) electrons. The van der Waals surface area contributed by atoms with Gasteiger partial charge in [-0.1, -0.05) is 24.5 Å². The molecule has 5 nitrogen and oxygen atoms in total. The number of piperidine rings is 1. The number of hydrogen-bond donors (Lipinski definition) is 1. The molecule has 0 saturated carbocycles. The van der Waals surface area contributed by atoms with Crippen LogP contribution in [0.25, 0.3) is 10.9 Å². The minimum Gasteiger partial charge on any atom is -0.370 e. The number of aromatic nitrogens is 1. The number of fused-ring (bicyclic) bond motifs is 1. The van der Waals surface area contributed by atoms with Gasteiger partial charge >= 0.3 is 0 Å². The Morgan fingerprint density at radius 3 is 2.68 bits per heavy atom. The number of nitrogens with zero attached hydrogens (tertiary/aromatic N) is 2. The van der Waals surface area contributed by atoms with E-state index in [4.69, 9.17) is 13.6 Å². The summed E-state index contributed by atoms with van der Waals surface area (Å²) in [5.41, 5.74) is 8.42. The van der Waals surface area contributed by atoms with Gasteiger partial charge in [0.25, 0.3) is 0 Å². The molecule has 0 bridgehead atoms. The van der Waals surface area contributed by atoms with E-state index in [0.29, 0.717) is 43.4 Å². The van der Waals surface area contributed by atoms with Gasteiger partial charge < -0.3 is 10.6 Å². The van der Waals surface area contributed by atoms with Crippen molar-refractivity contribution >= 4 is 41.6 Å². The third-order valence-corrected chi connectivity index (χ3v) is 4.85. The highest BCUT2D eigenvalue weighted by molar-refractivity contribution is 6.33. The molecular formula is C19H22BN3O2. The van der Waals surface area contributed by atoms with Crippen LogP contribution in [-0.4, -0.2) is 37.6 Å². The summed E-state index contributed by atoms with van der Waals surface area (Å²) in [6.07, 6.45) is 4.34. The van der Waals surface area contributed by atoms with Gasteiger partial charge in [-0.2, -0.15) is 0 Å². The second-order valence-corrected chi connectivity index (χ2v) is 6.63. The first kappa shape index (κ1) is 17.5. The zero-order valence-electron chi connectivity index (χ0n) is 14.5. The Balaban J connectivity index is 2.06. The minimum atomic E-state index is -0.245. The van der Waals surface area contributed by atoms with Gasteiger partial charge in [-0.3, -0.25) is 14.6 Å². The largest absolute Gasteiger partial charge is 0.370 e. The lowest BCUT2D eigenvalue weighted by Gasteiger charge is -2.34. The first-order chi connectivity index (χ1) is 12.0. The predicted octanol–water partition coefficient (Wildman–Crippen LogP) is 1.71. The number of hydrogen-bond acceptors (Lipinski definition) is 4. The van der Waals surface area contributed by atoms with Crippen LogP contribution >= 0.6 is 0 Å². The highest BCUT2D eigenvalue weighted by Crippen LogP contribution is 2.33. The molecule has 0 atom stereocenters. The fraction of sp³-hybridized carbons (Fsp3) is 0.421. The van der Waals surface area contributed by atoms with Crippen molar-refractivity contribution < 1.29 is 9.59 Å². The molecule has 2 heterocycles. The Hall–Kier alpha value is -2.37. The van der Waals surface area contributed by atoms with Crippen molar-refractivity contribution in [2.24, 2.45) is 11.7 Å². The molecule has 0 spiro atoms. The van der Waals surface area contributed by atoms with Crippen LogP contribution < -0.4 is 16.1 Å². The second-order valence-electron chi connectivity index (χ2n) is 6.63. The van der Waals surface area contributed by atoms with Crippen molar-refractivity contribution in [3.8, 4) is 0 Å². The summed E-state index contributed by atoms with van der Waals surface area (Å²) >= 11 is 0. The number of Topliss-reactive ketones (excluding diaryl/α,β-unsaturated/α-hetero) is 1. The molecular weight excluding hydrogens is 313 g/mol. The quantitative estimate of drug-likeness (QED) is 0.667. The van der Waals surface area contributed by atoms with Gasteiger partial charge in [0, 0.05) is 37.0 Å². The van der Waals surface area contributed by atoms with E-state index in [2.05, 4.69) is 9.88 Å². The summed E-state index contributed by atoms with van der Waals surface area (Å²) in [5, 5.41) is 0.888. The SMILES string of the molecule is [B]c1ccc2ncc(C(=O)CCC)c(N3CCC(C(N)=O)CC3)c2c1. The molecule has 1 fully saturated rings. The van der Waals surface area contributed by atoms with Crippen molar-refractivity contribution in [1.82, 2.24) is 4.98 Å². The average Bonchev–Trinajstić information content (AvgIpc) is 2.61. The smallest absolute Gasteiger partial charge is 0.220 e. The maximum Gasteiger partial charge on any atom is 0.220 e. The van der Waals surface area contributed by atoms with Crippen LogP contribution in [0.4, 0.5) is 5.69 Å². The lowest BCUT2D eigenvalue weighted by atomic mass is 9.91. The first-order valence-electron chi connectivity index (χ1n) is 8.77. The molecule has 1 aromatic carbocycles. The molecule has 128 valence electrons. The Labute approximate surface area is 149 Å². The topological polar surface area (TPSA) is 76.3 Å². The van der Waals surface area contributed by atoms with Crippen LogP contribution in [0.15, 0.2) is 24.4 Å². The van der Waals surface area contributed by atoms with Gasteiger partial charge in [-0.15, -0.1) is 0 Å². The summed E-state index contributed by atoms with van der Waals surface area (Å²) in [6, 6.07) is 5.56. The van der Waals surface area contributed by atoms with Crippen LogP contribution in [0, 0.1) is 5.92 Å². The Bertz CT molecular complexity index is 814. The highest BCUT2D eigenvalue weighted by Gasteiger charge is 2.27. The number of anilines is 1. The maximum absolute atomic E-state index is 12.6. The van der Waals surface area contributed by atoms with Gasteiger partial charge in [0.2, 0.25) is 5.91 Å². The number of carbonyl (C=O) groups is 2. The van der Waals surface area contributed by atoms with E-state index in [1.165, 1.54) is 0 Å². The molecule has 1 amide bonds. The molecule has 3 rings (SSSR count). The standard InChI is InChI=1S/C19H22BN3O2/c1-2-3-17(24)15-11-22-16-5-4-13(20)10-14(16)18(15)23-8-6-12(7-9-23)19(21)25/h4-5,10-12H,2-3,6-9H2,1H3,(H2,21,25). The van der Waals surface area contributed by atoms with Gasteiger partial charge in [-0.05, 0) is 25.3 Å². The Morgan fingerprint density at radius 2 is 2.04 bits per heavy atom. The lowest BCUT2D eigenvalue weighted by molar-refractivity contribution is -0.122. The monoisotopic (exact) mass is 335 g/mol. The molecule has 1 aromatic heterocycles. The summed E-state index contributed by atoms with van der Waals surface area (Å²) < 4.78 is 0. The Kier molecular flexibility index (Phi) is 5.07. The van der Waals surface area contributed by atoms with Gasteiger partial charge in [-0.25, -0.2) is 0 Å². The number of nitrogens with two attached hydrogens (primary N) is 1. The molecule has 1 aliphatic heterocycles. The number of amides is 1. The van der Waals surface area contributed by atoms with E-state index >= 15 is 0 Å². The second kappa shape index (κ2) is 7.25. The molecule has 0 unspecified atom stereocenters. The third kappa shape index (κ3) is 3.53. The zero-order chi connectivity index (χ0) is 18.0. The van der Waals surface area contributed by atoms with Crippen molar-refractivity contribution in [3.05, 3.63) is 30.0 Å². The van der Waals surface area contributed by atoms with Crippen molar-refractivity contribution in [3.63, 3.8) is 0 Å². The zero-order valence-corrected chi connectivity index (χ0v) is 14.5. The number of pyridine rings is 1. The van der Waals surface area contributed by atoms with Crippen LogP contribution in [-0.2, 0) is 4.79 Å². The van der Waals surface area contributed by atoms with Crippen LogP contribution in [0.1, 0.15) is 43.0 Å². The molecule has 2 aromatic rings. The Morgan fingerprint density at radius 1 is 1.32 bits per heavy atom. The van der Waals surface area contributed by atoms with E-state index < -0.39 is 0 Å².